The first-order chi connectivity index (χ1) is 19.3. The summed E-state index contributed by atoms with van der Waals surface area (Å²) in [5.74, 6) is 0. The molecular formula is C33H76Cl4N4O2. The molecular weight excluding hydrogens is 626 g/mol. The molecule has 1 atom stereocenters. The Morgan fingerprint density at radius 1 is 0.488 bits per heavy atom. The second-order valence-electron chi connectivity index (χ2n) is 11.4. The molecule has 0 heterocycles. The van der Waals surface area contributed by atoms with Crippen LogP contribution >= 0.6 is 49.6 Å². The molecule has 0 rings (SSSR count). The van der Waals surface area contributed by atoms with Gasteiger partial charge in [0.1, 0.15) is 0 Å². The van der Waals surface area contributed by atoms with Crippen LogP contribution in [0.3, 0.4) is 0 Å². The number of rotatable bonds is 35. The minimum Gasteiger partial charge on any atom is -0.379 e. The highest BCUT2D eigenvalue weighted by Crippen LogP contribution is 2.13. The number of hydrogen-bond donors (Lipinski definition) is 4. The van der Waals surface area contributed by atoms with Crippen LogP contribution in [0.5, 0.6) is 0 Å². The number of nitrogens with one attached hydrogen (secondary N) is 3. The van der Waals surface area contributed by atoms with Crippen molar-refractivity contribution in [3.05, 3.63) is 0 Å². The van der Waals surface area contributed by atoms with Gasteiger partial charge in [0.25, 0.3) is 0 Å². The summed E-state index contributed by atoms with van der Waals surface area (Å²) in [7, 11) is 0. The lowest BCUT2D eigenvalue weighted by molar-refractivity contribution is -0.0113. The van der Waals surface area contributed by atoms with Gasteiger partial charge in [-0.3, -0.25) is 0 Å². The van der Waals surface area contributed by atoms with Crippen molar-refractivity contribution < 1.29 is 9.47 Å². The lowest BCUT2D eigenvalue weighted by Crippen LogP contribution is -2.34. The van der Waals surface area contributed by atoms with Gasteiger partial charge in [0.15, 0.2) is 0 Å². The molecule has 268 valence electrons. The van der Waals surface area contributed by atoms with E-state index in [9.17, 15) is 0 Å². The summed E-state index contributed by atoms with van der Waals surface area (Å²) >= 11 is 0. The maximum absolute atomic E-state index is 5.94. The van der Waals surface area contributed by atoms with E-state index in [1.165, 1.54) is 116 Å². The summed E-state index contributed by atoms with van der Waals surface area (Å²) in [5, 5.41) is 10.5. The standard InChI is InChI=1S/C33H72N4O2.4ClH/c1-3-5-6-7-8-9-10-11-12-13-14-15-16-17-18-21-30-38-32-33(39-4-2)31-37-29-23-28-36-26-20-19-25-35-27-22-24-34;;;;/h33,35-37H,3-32,34H2,1-2H3;4*1H. The molecule has 0 saturated carbocycles. The number of halogens is 4. The minimum absolute atomic E-state index is 0. The molecule has 0 spiro atoms. The quantitative estimate of drug-likeness (QED) is 0.0496. The Morgan fingerprint density at radius 2 is 0.907 bits per heavy atom. The van der Waals surface area contributed by atoms with Gasteiger partial charge in [-0.2, -0.15) is 0 Å². The molecule has 0 aromatic heterocycles. The van der Waals surface area contributed by atoms with Gasteiger partial charge in [0.05, 0.1) is 12.7 Å². The van der Waals surface area contributed by atoms with E-state index in [4.69, 9.17) is 15.2 Å². The van der Waals surface area contributed by atoms with Crippen molar-refractivity contribution in [1.82, 2.24) is 16.0 Å². The predicted octanol–water partition coefficient (Wildman–Crippen LogP) is 8.64. The van der Waals surface area contributed by atoms with Crippen molar-refractivity contribution in [3.63, 3.8) is 0 Å². The van der Waals surface area contributed by atoms with E-state index in [0.29, 0.717) is 6.61 Å². The third kappa shape index (κ3) is 47.4. The highest BCUT2D eigenvalue weighted by molar-refractivity contribution is 5.86. The monoisotopic (exact) mass is 700 g/mol. The Labute approximate surface area is 293 Å². The van der Waals surface area contributed by atoms with Gasteiger partial charge in [-0.15, -0.1) is 49.6 Å². The third-order valence-corrected chi connectivity index (χ3v) is 7.44. The molecule has 0 fully saturated rings. The average molecular weight is 703 g/mol. The van der Waals surface area contributed by atoms with Gasteiger partial charge >= 0.3 is 0 Å². The van der Waals surface area contributed by atoms with Gasteiger partial charge in [-0.05, 0) is 78.3 Å². The molecule has 0 aliphatic carbocycles. The molecule has 0 bridgehead atoms. The predicted molar refractivity (Wildman–Crippen MR) is 201 cm³/mol. The molecule has 5 N–H and O–H groups in total. The second-order valence-corrected chi connectivity index (χ2v) is 11.4. The van der Waals surface area contributed by atoms with E-state index >= 15 is 0 Å². The number of hydrogen-bond acceptors (Lipinski definition) is 6. The average Bonchev–Trinajstić information content (AvgIpc) is 2.94. The van der Waals surface area contributed by atoms with E-state index in [1.807, 2.05) is 0 Å². The Kier molecular flexibility index (Phi) is 61.8. The fraction of sp³-hybridized carbons (Fsp3) is 1.00. The molecule has 0 amide bonds. The summed E-state index contributed by atoms with van der Waals surface area (Å²) < 4.78 is 11.8. The molecule has 1 unspecified atom stereocenters. The van der Waals surface area contributed by atoms with Crippen LogP contribution in [0.15, 0.2) is 0 Å². The summed E-state index contributed by atoms with van der Waals surface area (Å²) in [4.78, 5) is 0. The third-order valence-electron chi connectivity index (χ3n) is 7.44. The lowest BCUT2D eigenvalue weighted by Gasteiger charge is -2.18. The van der Waals surface area contributed by atoms with Gasteiger partial charge in [-0.25, -0.2) is 0 Å². The van der Waals surface area contributed by atoms with Crippen LogP contribution in [0.1, 0.15) is 142 Å². The second kappa shape index (κ2) is 49.8. The van der Waals surface area contributed by atoms with Crippen LogP contribution in [0, 0.1) is 0 Å². The lowest BCUT2D eigenvalue weighted by atomic mass is 10.0. The SMILES string of the molecule is CCCCCCCCCCCCCCCCCCOCC(CNCCCNCCCCNCCCN)OCC.Cl.Cl.Cl.Cl. The first-order valence-electron chi connectivity index (χ1n) is 17.4. The van der Waals surface area contributed by atoms with Crippen LogP contribution in [0.4, 0.5) is 0 Å². The zero-order valence-corrected chi connectivity index (χ0v) is 31.6. The smallest absolute Gasteiger partial charge is 0.0932 e. The maximum atomic E-state index is 5.94. The maximum Gasteiger partial charge on any atom is 0.0932 e. The molecule has 0 radical (unpaired) electrons. The van der Waals surface area contributed by atoms with E-state index in [2.05, 4.69) is 29.8 Å². The van der Waals surface area contributed by atoms with Crippen LogP contribution in [-0.2, 0) is 9.47 Å². The van der Waals surface area contributed by atoms with Gasteiger partial charge < -0.3 is 31.2 Å². The van der Waals surface area contributed by atoms with Crippen LogP contribution in [0.25, 0.3) is 0 Å². The Hall–Kier alpha value is 0.920. The molecule has 0 aromatic rings. The fourth-order valence-corrected chi connectivity index (χ4v) is 4.95. The summed E-state index contributed by atoms with van der Waals surface area (Å²) in [6, 6.07) is 0. The van der Waals surface area contributed by atoms with Crippen molar-refractivity contribution >= 4 is 49.6 Å². The first-order valence-corrected chi connectivity index (χ1v) is 17.4. The normalized spacial score (nSPS) is 11.2. The fourth-order valence-electron chi connectivity index (χ4n) is 4.95. The highest BCUT2D eigenvalue weighted by Gasteiger charge is 2.08. The zero-order valence-electron chi connectivity index (χ0n) is 28.3. The summed E-state index contributed by atoms with van der Waals surface area (Å²) in [5.41, 5.74) is 5.50. The van der Waals surface area contributed by atoms with E-state index in [0.717, 1.165) is 71.9 Å². The molecule has 0 saturated heterocycles. The van der Waals surface area contributed by atoms with Crippen LogP contribution in [0.2, 0.25) is 0 Å². The Morgan fingerprint density at radius 3 is 1.37 bits per heavy atom. The molecule has 0 aliphatic heterocycles. The number of unbranched alkanes of at least 4 members (excludes halogenated alkanes) is 16. The van der Waals surface area contributed by atoms with Crippen molar-refractivity contribution in [2.45, 2.75) is 148 Å². The minimum atomic E-state index is 0. The van der Waals surface area contributed by atoms with Gasteiger partial charge in [-0.1, -0.05) is 103 Å². The van der Waals surface area contributed by atoms with Crippen LogP contribution in [-0.4, -0.2) is 71.7 Å². The molecule has 0 aliphatic rings. The van der Waals surface area contributed by atoms with Crippen molar-refractivity contribution in [2.24, 2.45) is 5.73 Å². The van der Waals surface area contributed by atoms with Gasteiger partial charge in [0.2, 0.25) is 0 Å². The van der Waals surface area contributed by atoms with E-state index < -0.39 is 0 Å². The van der Waals surface area contributed by atoms with Crippen molar-refractivity contribution in [1.29, 1.82) is 0 Å². The van der Waals surface area contributed by atoms with Crippen LogP contribution < -0.4 is 21.7 Å². The highest BCUT2D eigenvalue weighted by atomic mass is 35.5. The molecule has 6 nitrogen and oxygen atoms in total. The number of nitrogens with two attached hydrogens (primary N) is 1. The van der Waals surface area contributed by atoms with Crippen molar-refractivity contribution in [3.8, 4) is 0 Å². The summed E-state index contributed by atoms with van der Waals surface area (Å²) in [6.07, 6.45) is 27.3. The van der Waals surface area contributed by atoms with E-state index in [1.54, 1.807) is 0 Å². The van der Waals surface area contributed by atoms with E-state index in [-0.39, 0.29) is 55.7 Å². The topological polar surface area (TPSA) is 80.6 Å². The largest absolute Gasteiger partial charge is 0.379 e. The number of ether oxygens (including phenoxy) is 2. The summed E-state index contributed by atoms with van der Waals surface area (Å²) in [6.45, 7) is 13.7. The Bertz CT molecular complexity index is 448. The van der Waals surface area contributed by atoms with Crippen molar-refractivity contribution in [2.75, 3.05) is 65.6 Å². The molecule has 43 heavy (non-hydrogen) atoms. The van der Waals surface area contributed by atoms with Gasteiger partial charge in [0, 0.05) is 19.8 Å². The first kappa shape index (κ1) is 53.4. The zero-order chi connectivity index (χ0) is 28.3. The molecule has 10 heteroatoms. The molecule has 0 aromatic carbocycles. The Balaban J connectivity index is -0.00000120.